The van der Waals surface area contributed by atoms with Crippen LogP contribution >= 0.6 is 11.6 Å². The molecule has 2 aliphatic rings. The Morgan fingerprint density at radius 3 is 2.83 bits per heavy atom. The molecule has 2 unspecified atom stereocenters. The number of halogens is 2. The number of ether oxygens (including phenoxy) is 1. The molecule has 18 heavy (non-hydrogen) atoms. The molecule has 1 saturated heterocycles. The highest BCUT2D eigenvalue weighted by Gasteiger charge is 2.43. The lowest BCUT2D eigenvalue weighted by atomic mass is 10.1. The molecule has 1 saturated carbocycles. The summed E-state index contributed by atoms with van der Waals surface area (Å²) in [5.74, 6) is -0.350. The molecule has 1 N–H and O–H groups in total. The van der Waals surface area contributed by atoms with E-state index >= 15 is 0 Å². The molecule has 1 heterocycles. The van der Waals surface area contributed by atoms with Gasteiger partial charge in [0.2, 0.25) is 0 Å². The van der Waals surface area contributed by atoms with E-state index in [4.69, 9.17) is 16.3 Å². The molecule has 0 radical (unpaired) electrons. The molecule has 2 fully saturated rings. The molecule has 1 aliphatic carbocycles. The van der Waals surface area contributed by atoms with E-state index in [0.29, 0.717) is 23.2 Å². The molecule has 2 atom stereocenters. The van der Waals surface area contributed by atoms with Gasteiger partial charge in [-0.3, -0.25) is 4.90 Å². The molecule has 3 nitrogen and oxygen atoms in total. The third-order valence-corrected chi connectivity index (χ3v) is 3.83. The summed E-state index contributed by atoms with van der Waals surface area (Å²) in [6.07, 6.45) is 1.48. The fourth-order valence-corrected chi connectivity index (χ4v) is 2.72. The van der Waals surface area contributed by atoms with Gasteiger partial charge in [0.25, 0.3) is 0 Å². The van der Waals surface area contributed by atoms with Gasteiger partial charge in [0, 0.05) is 18.2 Å². The molecule has 3 rings (SSSR count). The van der Waals surface area contributed by atoms with Crippen LogP contribution in [0.2, 0.25) is 5.02 Å². The minimum absolute atomic E-state index is 0.0498. The van der Waals surface area contributed by atoms with Gasteiger partial charge in [-0.1, -0.05) is 17.7 Å². The Hall–Kier alpha value is -0.680. The van der Waals surface area contributed by atoms with E-state index in [1.807, 2.05) is 0 Å². The van der Waals surface area contributed by atoms with Crippen LogP contribution in [-0.2, 0) is 4.74 Å². The normalized spacial score (nSPS) is 28.8. The Balaban J connectivity index is 1.93. The maximum atomic E-state index is 13.9. The molecule has 0 aromatic heterocycles. The van der Waals surface area contributed by atoms with Crippen LogP contribution in [0.3, 0.4) is 0 Å². The lowest BCUT2D eigenvalue weighted by molar-refractivity contribution is -0.0234. The van der Waals surface area contributed by atoms with Crippen molar-refractivity contribution >= 4 is 11.6 Å². The van der Waals surface area contributed by atoms with E-state index in [9.17, 15) is 9.50 Å². The van der Waals surface area contributed by atoms with Gasteiger partial charge in [-0.05, 0) is 25.0 Å². The van der Waals surface area contributed by atoms with Gasteiger partial charge >= 0.3 is 0 Å². The van der Waals surface area contributed by atoms with Crippen LogP contribution in [-0.4, -0.2) is 35.3 Å². The summed E-state index contributed by atoms with van der Waals surface area (Å²) >= 11 is 6.08. The number of hydrogen-bond acceptors (Lipinski definition) is 3. The van der Waals surface area contributed by atoms with Crippen molar-refractivity contribution in [1.82, 2.24) is 4.90 Å². The predicted octanol–water partition coefficient (Wildman–Crippen LogP) is 2.33. The number of hydrogen-bond donors (Lipinski definition) is 1. The van der Waals surface area contributed by atoms with Gasteiger partial charge in [-0.15, -0.1) is 0 Å². The summed E-state index contributed by atoms with van der Waals surface area (Å²) in [5, 5.41) is 9.59. The highest BCUT2D eigenvalue weighted by Crippen LogP contribution is 2.42. The van der Waals surface area contributed by atoms with Crippen molar-refractivity contribution in [3.8, 4) is 0 Å². The third-order valence-electron chi connectivity index (χ3n) is 3.50. The number of rotatable bonds is 3. The van der Waals surface area contributed by atoms with Crippen molar-refractivity contribution in [3.63, 3.8) is 0 Å². The average Bonchev–Trinajstić information content (AvgIpc) is 3.10. The molecule has 0 spiro atoms. The van der Waals surface area contributed by atoms with Crippen molar-refractivity contribution in [2.75, 3.05) is 13.2 Å². The Kier molecular flexibility index (Phi) is 3.28. The lowest BCUT2D eigenvalue weighted by Gasteiger charge is -2.23. The van der Waals surface area contributed by atoms with Gasteiger partial charge in [0.05, 0.1) is 17.7 Å². The zero-order valence-electron chi connectivity index (χ0n) is 9.85. The third kappa shape index (κ3) is 2.14. The standard InChI is InChI=1S/C13H15ClFNO2/c14-10-2-1-3-11(15)12(10)13-16(8-4-5-8)6-9(7-17)18-13/h1-3,8-9,13,17H,4-7H2. The highest BCUT2D eigenvalue weighted by molar-refractivity contribution is 6.31. The van der Waals surface area contributed by atoms with Crippen LogP contribution in [0.4, 0.5) is 4.39 Å². The van der Waals surface area contributed by atoms with Gasteiger partial charge in [-0.2, -0.15) is 0 Å². The van der Waals surface area contributed by atoms with E-state index < -0.39 is 6.23 Å². The van der Waals surface area contributed by atoms with E-state index in [1.54, 1.807) is 12.1 Å². The number of aliphatic hydroxyl groups is 1. The number of aliphatic hydroxyl groups excluding tert-OH is 1. The molecule has 0 bridgehead atoms. The molecule has 1 aromatic rings. The van der Waals surface area contributed by atoms with Crippen LogP contribution in [0, 0.1) is 5.82 Å². The van der Waals surface area contributed by atoms with Crippen molar-refractivity contribution in [1.29, 1.82) is 0 Å². The zero-order chi connectivity index (χ0) is 12.7. The first-order valence-corrected chi connectivity index (χ1v) is 6.54. The largest absolute Gasteiger partial charge is 0.394 e. The first-order chi connectivity index (χ1) is 8.70. The van der Waals surface area contributed by atoms with Crippen molar-refractivity contribution < 1.29 is 14.2 Å². The molecule has 5 heteroatoms. The summed E-state index contributed by atoms with van der Waals surface area (Å²) in [5.41, 5.74) is 0.391. The summed E-state index contributed by atoms with van der Waals surface area (Å²) < 4.78 is 19.7. The second-order valence-corrected chi connectivity index (χ2v) is 5.26. The van der Waals surface area contributed by atoms with Crippen LogP contribution in [0.1, 0.15) is 24.6 Å². The molecule has 98 valence electrons. The Bertz CT molecular complexity index is 432. The number of benzene rings is 1. The molecule has 0 amide bonds. The second-order valence-electron chi connectivity index (χ2n) is 4.86. The fourth-order valence-electron chi connectivity index (χ4n) is 2.46. The van der Waals surface area contributed by atoms with Crippen LogP contribution < -0.4 is 0 Å². The second kappa shape index (κ2) is 4.78. The molecular weight excluding hydrogens is 257 g/mol. The highest BCUT2D eigenvalue weighted by atomic mass is 35.5. The van der Waals surface area contributed by atoms with Gasteiger partial charge in [-0.25, -0.2) is 4.39 Å². The van der Waals surface area contributed by atoms with Gasteiger partial charge < -0.3 is 9.84 Å². The summed E-state index contributed by atoms with van der Waals surface area (Å²) in [6.45, 7) is 0.586. The van der Waals surface area contributed by atoms with Crippen LogP contribution in [0.25, 0.3) is 0 Å². The minimum atomic E-state index is -0.469. The molecule has 1 aliphatic heterocycles. The van der Waals surface area contributed by atoms with Crippen molar-refractivity contribution in [2.24, 2.45) is 0 Å². The lowest BCUT2D eigenvalue weighted by Crippen LogP contribution is -2.28. The fraction of sp³-hybridized carbons (Fsp3) is 0.538. The predicted molar refractivity (Wildman–Crippen MR) is 65.8 cm³/mol. The molecular formula is C13H15ClFNO2. The maximum Gasteiger partial charge on any atom is 0.141 e. The first-order valence-electron chi connectivity index (χ1n) is 6.16. The van der Waals surface area contributed by atoms with Crippen LogP contribution in [0.5, 0.6) is 0 Å². The zero-order valence-corrected chi connectivity index (χ0v) is 10.6. The van der Waals surface area contributed by atoms with Gasteiger partial charge in [0.1, 0.15) is 12.0 Å². The SMILES string of the molecule is OCC1CN(C2CC2)C(c2c(F)cccc2Cl)O1. The average molecular weight is 272 g/mol. The summed E-state index contributed by atoms with van der Waals surface area (Å²) in [7, 11) is 0. The Morgan fingerprint density at radius 1 is 1.44 bits per heavy atom. The van der Waals surface area contributed by atoms with Crippen molar-refractivity contribution in [2.45, 2.75) is 31.2 Å². The smallest absolute Gasteiger partial charge is 0.141 e. The minimum Gasteiger partial charge on any atom is -0.394 e. The quantitative estimate of drug-likeness (QED) is 0.916. The topological polar surface area (TPSA) is 32.7 Å². The van der Waals surface area contributed by atoms with E-state index in [1.165, 1.54) is 6.07 Å². The summed E-state index contributed by atoms with van der Waals surface area (Å²) in [6, 6.07) is 5.08. The van der Waals surface area contributed by atoms with E-state index in [2.05, 4.69) is 4.90 Å². The monoisotopic (exact) mass is 271 g/mol. The summed E-state index contributed by atoms with van der Waals surface area (Å²) in [4.78, 5) is 2.10. The molecule has 1 aromatic carbocycles. The maximum absolute atomic E-state index is 13.9. The first kappa shape index (κ1) is 12.4. The van der Waals surface area contributed by atoms with E-state index in [0.717, 1.165) is 12.8 Å². The van der Waals surface area contributed by atoms with Gasteiger partial charge in [0.15, 0.2) is 0 Å². The Labute approximate surface area is 110 Å². The van der Waals surface area contributed by atoms with E-state index in [-0.39, 0.29) is 18.5 Å². The Morgan fingerprint density at radius 2 is 2.22 bits per heavy atom. The van der Waals surface area contributed by atoms with Crippen LogP contribution in [0.15, 0.2) is 18.2 Å². The van der Waals surface area contributed by atoms with Crippen molar-refractivity contribution in [3.05, 3.63) is 34.6 Å². The number of nitrogens with zero attached hydrogens (tertiary/aromatic N) is 1.